The highest BCUT2D eigenvalue weighted by Gasteiger charge is 2.16. The average molecular weight is 290 g/mol. The maximum absolute atomic E-state index is 11.3. The molecular formula is C14H14N2O5. The van der Waals surface area contributed by atoms with Crippen molar-refractivity contribution in [2.75, 3.05) is 6.79 Å². The number of pyridine rings is 1. The number of ether oxygens (including phenoxy) is 2. The molecule has 0 saturated carbocycles. The number of carbonyl (C=O) groups excluding carboxylic acids is 1. The fourth-order valence-corrected chi connectivity index (χ4v) is 1.73. The van der Waals surface area contributed by atoms with Crippen LogP contribution in [0.3, 0.4) is 0 Å². The van der Waals surface area contributed by atoms with Crippen LogP contribution in [0.15, 0.2) is 30.5 Å². The van der Waals surface area contributed by atoms with Crippen LogP contribution in [-0.2, 0) is 9.53 Å². The predicted octanol–water partition coefficient (Wildman–Crippen LogP) is 2.68. The van der Waals surface area contributed by atoms with E-state index in [9.17, 15) is 14.9 Å². The number of fused-ring (bicyclic) bond motifs is 1. The molecular weight excluding hydrogens is 276 g/mol. The van der Waals surface area contributed by atoms with Gasteiger partial charge in [0.1, 0.15) is 11.3 Å². The van der Waals surface area contributed by atoms with Gasteiger partial charge in [-0.3, -0.25) is 19.9 Å². The molecule has 0 N–H and O–H groups in total. The van der Waals surface area contributed by atoms with Crippen LogP contribution in [0.1, 0.15) is 13.8 Å². The summed E-state index contributed by atoms with van der Waals surface area (Å²) in [5.74, 6) is -0.303. The summed E-state index contributed by atoms with van der Waals surface area (Å²) in [6.07, 6.45) is 1.51. The quantitative estimate of drug-likeness (QED) is 0.364. The van der Waals surface area contributed by atoms with E-state index in [1.807, 2.05) is 0 Å². The van der Waals surface area contributed by atoms with Crippen LogP contribution in [0.25, 0.3) is 10.9 Å². The van der Waals surface area contributed by atoms with Gasteiger partial charge in [0.2, 0.25) is 6.79 Å². The summed E-state index contributed by atoms with van der Waals surface area (Å²) in [6.45, 7) is 3.16. The van der Waals surface area contributed by atoms with Gasteiger partial charge < -0.3 is 9.47 Å². The lowest BCUT2D eigenvalue weighted by Gasteiger charge is -2.10. The first-order chi connectivity index (χ1) is 10.0. The summed E-state index contributed by atoms with van der Waals surface area (Å²) in [5.41, 5.74) is 0.303. The number of nitro benzene ring substituents is 1. The lowest BCUT2D eigenvalue weighted by Crippen LogP contribution is -2.15. The highest BCUT2D eigenvalue weighted by Crippen LogP contribution is 2.31. The summed E-state index contributed by atoms with van der Waals surface area (Å²) in [5, 5.41) is 11.3. The molecule has 7 heteroatoms. The molecule has 1 aromatic heterocycles. The lowest BCUT2D eigenvalue weighted by molar-refractivity contribution is -0.383. The maximum Gasteiger partial charge on any atom is 0.311 e. The number of non-ortho nitro benzene ring substituents is 1. The minimum atomic E-state index is -0.480. The average Bonchev–Trinajstić information content (AvgIpc) is 2.46. The normalized spacial score (nSPS) is 10.6. The second-order valence-corrected chi connectivity index (χ2v) is 4.62. The minimum Gasteiger partial charge on any atom is -0.455 e. The zero-order valence-corrected chi connectivity index (χ0v) is 11.6. The lowest BCUT2D eigenvalue weighted by atomic mass is 10.1. The molecule has 0 fully saturated rings. The highest BCUT2D eigenvalue weighted by atomic mass is 16.7. The first kappa shape index (κ1) is 14.7. The molecule has 0 radical (unpaired) electrons. The summed E-state index contributed by atoms with van der Waals surface area (Å²) in [4.78, 5) is 25.9. The smallest absolute Gasteiger partial charge is 0.311 e. The van der Waals surface area contributed by atoms with Crippen LogP contribution < -0.4 is 4.74 Å². The number of rotatable bonds is 5. The van der Waals surface area contributed by atoms with Gasteiger partial charge in [0.25, 0.3) is 5.69 Å². The van der Waals surface area contributed by atoms with E-state index in [4.69, 9.17) is 9.47 Å². The minimum absolute atomic E-state index is 0.0513. The molecule has 2 rings (SSSR count). The van der Waals surface area contributed by atoms with Gasteiger partial charge in [0.15, 0.2) is 0 Å². The second kappa shape index (κ2) is 6.17. The molecule has 0 aliphatic heterocycles. The standard InChI is InChI=1S/C14H14N2O5/c1-9(2)14(17)21-8-20-12-6-5-11(16(18)19)10-4-3-7-15-13(10)12/h3-7,9H,8H2,1-2H3. The Hall–Kier alpha value is -2.70. The molecule has 0 aliphatic carbocycles. The molecule has 0 saturated heterocycles. The number of hydrogen-bond donors (Lipinski definition) is 0. The van der Waals surface area contributed by atoms with Crippen molar-refractivity contribution in [2.45, 2.75) is 13.8 Å². The topological polar surface area (TPSA) is 91.6 Å². The first-order valence-corrected chi connectivity index (χ1v) is 6.32. The molecule has 1 aromatic carbocycles. The van der Waals surface area contributed by atoms with Gasteiger partial charge in [0.05, 0.1) is 16.2 Å². The van der Waals surface area contributed by atoms with Crippen molar-refractivity contribution in [3.05, 3.63) is 40.6 Å². The van der Waals surface area contributed by atoms with Crippen molar-refractivity contribution in [3.8, 4) is 5.75 Å². The Morgan fingerprint density at radius 3 is 2.81 bits per heavy atom. The van der Waals surface area contributed by atoms with Crippen LogP contribution in [0.5, 0.6) is 5.75 Å². The fourth-order valence-electron chi connectivity index (χ4n) is 1.73. The second-order valence-electron chi connectivity index (χ2n) is 4.62. The third-order valence-corrected chi connectivity index (χ3v) is 2.79. The number of nitrogens with zero attached hydrogens (tertiary/aromatic N) is 2. The molecule has 110 valence electrons. The fraction of sp³-hybridized carbons (Fsp3) is 0.286. The molecule has 7 nitrogen and oxygen atoms in total. The Labute approximate surface area is 120 Å². The molecule has 21 heavy (non-hydrogen) atoms. The van der Waals surface area contributed by atoms with Crippen LogP contribution >= 0.6 is 0 Å². The summed E-state index contributed by atoms with van der Waals surface area (Å²) in [6, 6.07) is 5.98. The predicted molar refractivity (Wildman–Crippen MR) is 74.8 cm³/mol. The Morgan fingerprint density at radius 1 is 1.38 bits per heavy atom. The molecule has 0 spiro atoms. The zero-order valence-electron chi connectivity index (χ0n) is 11.6. The number of nitro groups is 1. The molecule has 0 aliphatic rings. The number of carbonyl (C=O) groups is 1. The molecule has 0 unspecified atom stereocenters. The van der Waals surface area contributed by atoms with Crippen molar-refractivity contribution in [1.82, 2.24) is 4.98 Å². The Bertz CT molecular complexity index is 684. The molecule has 2 aromatic rings. The maximum atomic E-state index is 11.3. The number of aromatic nitrogens is 1. The van der Waals surface area contributed by atoms with Crippen molar-refractivity contribution < 1.29 is 19.2 Å². The molecule has 0 amide bonds. The van der Waals surface area contributed by atoms with Gasteiger partial charge >= 0.3 is 5.97 Å². The number of hydrogen-bond acceptors (Lipinski definition) is 6. The van der Waals surface area contributed by atoms with E-state index in [0.717, 1.165) is 0 Å². The van der Waals surface area contributed by atoms with Gasteiger partial charge in [-0.2, -0.15) is 0 Å². The first-order valence-electron chi connectivity index (χ1n) is 6.32. The van der Waals surface area contributed by atoms with Gasteiger partial charge in [0, 0.05) is 12.3 Å². The van der Waals surface area contributed by atoms with Crippen molar-refractivity contribution in [1.29, 1.82) is 0 Å². The van der Waals surface area contributed by atoms with E-state index in [0.29, 0.717) is 16.7 Å². The summed E-state index contributed by atoms with van der Waals surface area (Å²) in [7, 11) is 0. The van der Waals surface area contributed by atoms with E-state index < -0.39 is 4.92 Å². The third-order valence-electron chi connectivity index (χ3n) is 2.79. The van der Waals surface area contributed by atoms with Gasteiger partial charge in [-0.25, -0.2) is 0 Å². The van der Waals surface area contributed by atoms with E-state index in [-0.39, 0.29) is 24.4 Å². The third kappa shape index (κ3) is 3.25. The molecule has 0 atom stereocenters. The van der Waals surface area contributed by atoms with Crippen LogP contribution in [-0.4, -0.2) is 22.7 Å². The van der Waals surface area contributed by atoms with E-state index in [1.165, 1.54) is 18.3 Å². The van der Waals surface area contributed by atoms with Crippen molar-refractivity contribution in [2.24, 2.45) is 5.92 Å². The highest BCUT2D eigenvalue weighted by molar-refractivity contribution is 5.92. The summed E-state index contributed by atoms with van der Waals surface area (Å²) < 4.78 is 10.3. The Kier molecular flexibility index (Phi) is 4.32. The number of esters is 1. The summed E-state index contributed by atoms with van der Waals surface area (Å²) >= 11 is 0. The number of benzene rings is 1. The monoisotopic (exact) mass is 290 g/mol. The van der Waals surface area contributed by atoms with Crippen molar-refractivity contribution in [3.63, 3.8) is 0 Å². The van der Waals surface area contributed by atoms with Crippen LogP contribution in [0, 0.1) is 16.0 Å². The van der Waals surface area contributed by atoms with Crippen LogP contribution in [0.2, 0.25) is 0 Å². The van der Waals surface area contributed by atoms with Gasteiger partial charge in [-0.15, -0.1) is 0 Å². The molecule has 0 bridgehead atoms. The van der Waals surface area contributed by atoms with Gasteiger partial charge in [-0.1, -0.05) is 13.8 Å². The van der Waals surface area contributed by atoms with Crippen LogP contribution in [0.4, 0.5) is 5.69 Å². The van der Waals surface area contributed by atoms with E-state index in [2.05, 4.69) is 4.98 Å². The zero-order chi connectivity index (χ0) is 15.4. The Morgan fingerprint density at radius 2 is 2.14 bits per heavy atom. The van der Waals surface area contributed by atoms with Gasteiger partial charge in [-0.05, 0) is 18.2 Å². The molecule has 1 heterocycles. The van der Waals surface area contributed by atoms with Crippen molar-refractivity contribution >= 4 is 22.6 Å². The largest absolute Gasteiger partial charge is 0.455 e. The Balaban J connectivity index is 2.23. The van der Waals surface area contributed by atoms with E-state index >= 15 is 0 Å². The van der Waals surface area contributed by atoms with E-state index in [1.54, 1.807) is 26.0 Å². The SMILES string of the molecule is CC(C)C(=O)OCOc1ccc([N+](=O)[O-])c2cccnc12.